The summed E-state index contributed by atoms with van der Waals surface area (Å²) in [5.41, 5.74) is 1.69. The summed E-state index contributed by atoms with van der Waals surface area (Å²) in [6.07, 6.45) is 0. The molecule has 1 aliphatic rings. The maximum absolute atomic E-state index is 12.3. The molecule has 0 N–H and O–H groups in total. The summed E-state index contributed by atoms with van der Waals surface area (Å²) in [5, 5.41) is 0.507. The molecule has 5 heteroatoms. The molecule has 1 heterocycles. The summed E-state index contributed by atoms with van der Waals surface area (Å²) in [4.78, 5) is 25.9. The molecule has 0 saturated carbocycles. The Balaban J connectivity index is 1.87. The van der Waals surface area contributed by atoms with Crippen LogP contribution in [0.5, 0.6) is 5.75 Å². The number of amides is 2. The van der Waals surface area contributed by atoms with E-state index in [2.05, 4.69) is 0 Å². The fourth-order valence-corrected chi connectivity index (χ4v) is 2.65. The highest BCUT2D eigenvalue weighted by atomic mass is 35.5. The van der Waals surface area contributed by atoms with Crippen molar-refractivity contribution in [2.75, 3.05) is 6.61 Å². The highest BCUT2D eigenvalue weighted by molar-refractivity contribution is 6.32. The Labute approximate surface area is 133 Å². The van der Waals surface area contributed by atoms with Gasteiger partial charge >= 0.3 is 0 Å². The second kappa shape index (κ2) is 5.81. The Morgan fingerprint density at radius 1 is 1.05 bits per heavy atom. The number of hydrogen-bond donors (Lipinski definition) is 0. The number of ether oxygens (including phenoxy) is 1. The quantitative estimate of drug-likeness (QED) is 0.811. The van der Waals surface area contributed by atoms with Gasteiger partial charge in [0, 0.05) is 0 Å². The first-order valence-corrected chi connectivity index (χ1v) is 7.36. The average Bonchev–Trinajstić information content (AvgIpc) is 2.76. The molecule has 2 aromatic carbocycles. The molecule has 0 aliphatic carbocycles. The second-order valence-electron chi connectivity index (χ2n) is 4.94. The molecule has 3 rings (SSSR count). The van der Waals surface area contributed by atoms with Gasteiger partial charge in [-0.2, -0.15) is 0 Å². The van der Waals surface area contributed by atoms with E-state index in [9.17, 15) is 9.59 Å². The fourth-order valence-electron chi connectivity index (χ4n) is 2.48. The summed E-state index contributed by atoms with van der Waals surface area (Å²) < 4.78 is 5.44. The number of imide groups is 1. The largest absolute Gasteiger partial charge is 0.492 e. The van der Waals surface area contributed by atoms with Gasteiger partial charge in [0.2, 0.25) is 0 Å². The number of fused-ring (bicyclic) bond motifs is 1. The summed E-state index contributed by atoms with van der Waals surface area (Å²) in [6, 6.07) is 12.1. The molecule has 1 aliphatic heterocycles. The Morgan fingerprint density at radius 3 is 2.27 bits per heavy atom. The van der Waals surface area contributed by atoms with Crippen molar-refractivity contribution in [2.24, 2.45) is 0 Å². The number of carbonyl (C=O) groups excluding carboxylic acids is 2. The molecule has 0 spiro atoms. The first-order valence-electron chi connectivity index (χ1n) is 6.98. The number of rotatable bonds is 4. The lowest BCUT2D eigenvalue weighted by Crippen LogP contribution is -2.29. The summed E-state index contributed by atoms with van der Waals surface area (Å²) in [6.45, 7) is 2.56. The van der Waals surface area contributed by atoms with Gasteiger partial charge in [-0.1, -0.05) is 29.8 Å². The van der Waals surface area contributed by atoms with Gasteiger partial charge in [0.05, 0.1) is 29.3 Å². The van der Waals surface area contributed by atoms with Crippen molar-refractivity contribution >= 4 is 23.4 Å². The van der Waals surface area contributed by atoms with Crippen LogP contribution in [0.3, 0.4) is 0 Å². The zero-order valence-corrected chi connectivity index (χ0v) is 12.8. The molecule has 0 atom stereocenters. The molecule has 0 bridgehead atoms. The van der Waals surface area contributed by atoms with Crippen LogP contribution in [-0.2, 0) is 6.54 Å². The molecule has 22 heavy (non-hydrogen) atoms. The predicted molar refractivity (Wildman–Crippen MR) is 83.3 cm³/mol. The maximum atomic E-state index is 12.3. The van der Waals surface area contributed by atoms with Crippen LogP contribution in [0, 0.1) is 0 Å². The molecule has 2 aromatic rings. The van der Waals surface area contributed by atoms with Gasteiger partial charge in [-0.15, -0.1) is 0 Å². The highest BCUT2D eigenvalue weighted by Gasteiger charge is 2.34. The fraction of sp³-hybridized carbons (Fsp3) is 0.176. The van der Waals surface area contributed by atoms with E-state index in [1.807, 2.05) is 6.92 Å². The van der Waals surface area contributed by atoms with E-state index < -0.39 is 0 Å². The summed E-state index contributed by atoms with van der Waals surface area (Å²) >= 11 is 6.05. The van der Waals surface area contributed by atoms with Gasteiger partial charge in [-0.3, -0.25) is 14.5 Å². The van der Waals surface area contributed by atoms with Gasteiger partial charge in [0.1, 0.15) is 5.75 Å². The van der Waals surface area contributed by atoms with Crippen LogP contribution in [0.4, 0.5) is 0 Å². The Bertz CT molecular complexity index is 722. The SMILES string of the molecule is CCOc1cc(CN2C(=O)c3ccccc3C2=O)ccc1Cl. The second-order valence-corrected chi connectivity index (χ2v) is 5.35. The van der Waals surface area contributed by atoms with Crippen molar-refractivity contribution < 1.29 is 14.3 Å². The topological polar surface area (TPSA) is 46.6 Å². The zero-order valence-electron chi connectivity index (χ0n) is 12.0. The first-order chi connectivity index (χ1) is 10.6. The lowest BCUT2D eigenvalue weighted by Gasteiger charge is -2.15. The van der Waals surface area contributed by atoms with Crippen molar-refractivity contribution in [3.05, 3.63) is 64.2 Å². The van der Waals surface area contributed by atoms with Crippen molar-refractivity contribution in [3.63, 3.8) is 0 Å². The number of benzene rings is 2. The third kappa shape index (κ3) is 2.46. The Morgan fingerprint density at radius 2 is 1.68 bits per heavy atom. The van der Waals surface area contributed by atoms with E-state index in [1.54, 1.807) is 42.5 Å². The minimum absolute atomic E-state index is 0.198. The van der Waals surface area contributed by atoms with Gasteiger partial charge in [-0.25, -0.2) is 0 Å². The van der Waals surface area contributed by atoms with E-state index in [0.717, 1.165) is 5.56 Å². The van der Waals surface area contributed by atoms with E-state index >= 15 is 0 Å². The van der Waals surface area contributed by atoms with E-state index in [1.165, 1.54) is 4.90 Å². The summed E-state index contributed by atoms with van der Waals surface area (Å²) in [5.74, 6) is 0.0142. The monoisotopic (exact) mass is 315 g/mol. The van der Waals surface area contributed by atoms with Crippen molar-refractivity contribution in [1.29, 1.82) is 0 Å². The lowest BCUT2D eigenvalue weighted by atomic mass is 10.1. The van der Waals surface area contributed by atoms with Crippen molar-refractivity contribution in [2.45, 2.75) is 13.5 Å². The normalized spacial score (nSPS) is 13.5. The number of hydrogen-bond acceptors (Lipinski definition) is 3. The first kappa shape index (κ1) is 14.6. The molecule has 0 aromatic heterocycles. The van der Waals surface area contributed by atoms with Crippen LogP contribution >= 0.6 is 11.6 Å². The third-order valence-corrected chi connectivity index (χ3v) is 3.83. The smallest absolute Gasteiger partial charge is 0.261 e. The molecule has 0 unspecified atom stereocenters. The average molecular weight is 316 g/mol. The van der Waals surface area contributed by atoms with Gasteiger partial charge in [0.25, 0.3) is 11.8 Å². The Kier molecular flexibility index (Phi) is 3.86. The highest BCUT2D eigenvalue weighted by Crippen LogP contribution is 2.28. The molecule has 2 amide bonds. The van der Waals surface area contributed by atoms with Gasteiger partial charge in [-0.05, 0) is 36.8 Å². The minimum atomic E-state index is -0.270. The molecule has 4 nitrogen and oxygen atoms in total. The van der Waals surface area contributed by atoms with E-state index in [4.69, 9.17) is 16.3 Å². The molecular formula is C17H14ClNO3. The van der Waals surface area contributed by atoms with Crippen molar-refractivity contribution in [1.82, 2.24) is 4.90 Å². The molecule has 112 valence electrons. The Hall–Kier alpha value is -2.33. The molecule has 0 saturated heterocycles. The van der Waals surface area contributed by atoms with E-state index in [-0.39, 0.29) is 18.4 Å². The zero-order chi connectivity index (χ0) is 15.7. The van der Waals surface area contributed by atoms with Crippen molar-refractivity contribution in [3.8, 4) is 5.75 Å². The maximum Gasteiger partial charge on any atom is 0.261 e. The van der Waals surface area contributed by atoms with Crippen LogP contribution in [0.15, 0.2) is 42.5 Å². The van der Waals surface area contributed by atoms with Crippen LogP contribution in [-0.4, -0.2) is 23.3 Å². The number of nitrogens with zero attached hydrogens (tertiary/aromatic N) is 1. The predicted octanol–water partition coefficient (Wildman–Crippen LogP) is 3.53. The lowest BCUT2D eigenvalue weighted by molar-refractivity contribution is 0.0642. The number of carbonyl (C=O) groups is 2. The standard InChI is InChI=1S/C17H14ClNO3/c1-2-22-15-9-11(7-8-14(15)18)10-19-16(20)12-5-3-4-6-13(12)17(19)21/h3-9H,2,10H2,1H3. The number of halogens is 1. The minimum Gasteiger partial charge on any atom is -0.492 e. The van der Waals surface area contributed by atoms with Crippen LogP contribution in [0.1, 0.15) is 33.2 Å². The van der Waals surface area contributed by atoms with Crippen LogP contribution < -0.4 is 4.74 Å². The van der Waals surface area contributed by atoms with Gasteiger partial charge in [0.15, 0.2) is 0 Å². The van der Waals surface area contributed by atoms with Crippen LogP contribution in [0.25, 0.3) is 0 Å². The molecule has 0 fully saturated rings. The van der Waals surface area contributed by atoms with Gasteiger partial charge < -0.3 is 4.74 Å². The third-order valence-electron chi connectivity index (χ3n) is 3.51. The van der Waals surface area contributed by atoms with Crippen LogP contribution in [0.2, 0.25) is 5.02 Å². The molecule has 0 radical (unpaired) electrons. The molecular weight excluding hydrogens is 302 g/mol. The summed E-state index contributed by atoms with van der Waals surface area (Å²) in [7, 11) is 0. The van der Waals surface area contributed by atoms with E-state index in [0.29, 0.717) is 28.5 Å².